The predicted octanol–water partition coefficient (Wildman–Crippen LogP) is 4.43. The minimum Gasteiger partial charge on any atom is -0.497 e. The number of ether oxygens (including phenoxy) is 3. The van der Waals surface area contributed by atoms with Crippen molar-refractivity contribution in [1.29, 1.82) is 0 Å². The molecule has 0 aromatic heterocycles. The lowest BCUT2D eigenvalue weighted by molar-refractivity contribution is 0.0601. The Balaban J connectivity index is 1.88. The number of methoxy groups -OCH3 is 2. The van der Waals surface area contributed by atoms with E-state index < -0.39 is 0 Å². The summed E-state index contributed by atoms with van der Waals surface area (Å²) in [6.45, 7) is 3.17. The largest absolute Gasteiger partial charge is 0.497 e. The summed E-state index contributed by atoms with van der Waals surface area (Å²) in [4.78, 5) is 11.9. The number of rotatable bonds is 8. The van der Waals surface area contributed by atoms with Gasteiger partial charge in [-0.2, -0.15) is 0 Å². The third-order valence-corrected chi connectivity index (χ3v) is 4.22. The zero-order valence-electron chi connectivity index (χ0n) is 14.6. The molecule has 0 amide bonds. The zero-order chi connectivity index (χ0) is 18.2. The molecular formula is C19H22BrNO4. The Morgan fingerprint density at radius 2 is 1.80 bits per heavy atom. The van der Waals surface area contributed by atoms with E-state index in [1.807, 2.05) is 43.3 Å². The molecule has 5 nitrogen and oxygen atoms in total. The van der Waals surface area contributed by atoms with Gasteiger partial charge in [-0.25, -0.2) is 4.79 Å². The summed E-state index contributed by atoms with van der Waals surface area (Å²) in [5.74, 6) is 1.24. The van der Waals surface area contributed by atoms with E-state index in [1.54, 1.807) is 7.11 Å². The molecular weight excluding hydrogens is 386 g/mol. The number of halogens is 1. The van der Waals surface area contributed by atoms with E-state index in [9.17, 15) is 4.79 Å². The molecule has 134 valence electrons. The molecule has 25 heavy (non-hydrogen) atoms. The van der Waals surface area contributed by atoms with Gasteiger partial charge in [-0.3, -0.25) is 0 Å². The molecule has 2 aromatic rings. The summed E-state index contributed by atoms with van der Waals surface area (Å²) in [7, 11) is 3.01. The van der Waals surface area contributed by atoms with Crippen molar-refractivity contribution in [2.75, 3.05) is 32.7 Å². The first kappa shape index (κ1) is 19.1. The Hall–Kier alpha value is -2.21. The number of aryl methyl sites for hydroxylation is 1. The first-order valence-corrected chi connectivity index (χ1v) is 8.73. The maximum Gasteiger partial charge on any atom is 0.340 e. The number of hydrogen-bond acceptors (Lipinski definition) is 5. The topological polar surface area (TPSA) is 56.8 Å². The Kier molecular flexibility index (Phi) is 7.13. The summed E-state index contributed by atoms with van der Waals surface area (Å²) < 4.78 is 16.5. The second kappa shape index (κ2) is 9.32. The number of carbonyl (C=O) groups excluding carboxylic acids is 1. The van der Waals surface area contributed by atoms with Gasteiger partial charge in [0.2, 0.25) is 0 Å². The number of anilines is 1. The van der Waals surface area contributed by atoms with E-state index in [1.165, 1.54) is 7.11 Å². The van der Waals surface area contributed by atoms with Crippen molar-refractivity contribution in [3.63, 3.8) is 0 Å². The maximum absolute atomic E-state index is 11.9. The van der Waals surface area contributed by atoms with E-state index in [-0.39, 0.29) is 5.97 Å². The molecule has 0 spiro atoms. The highest BCUT2D eigenvalue weighted by Crippen LogP contribution is 2.29. The highest BCUT2D eigenvalue weighted by molar-refractivity contribution is 9.10. The summed E-state index contributed by atoms with van der Waals surface area (Å²) in [5, 5.41) is 3.28. The summed E-state index contributed by atoms with van der Waals surface area (Å²) in [5.41, 5.74) is 2.24. The van der Waals surface area contributed by atoms with Gasteiger partial charge < -0.3 is 19.5 Å². The van der Waals surface area contributed by atoms with Crippen LogP contribution >= 0.6 is 15.9 Å². The Labute approximate surface area is 156 Å². The smallest absolute Gasteiger partial charge is 0.340 e. The number of carbonyl (C=O) groups is 1. The van der Waals surface area contributed by atoms with Crippen molar-refractivity contribution in [3.05, 3.63) is 52.0 Å². The third-order valence-electron chi connectivity index (χ3n) is 3.59. The van der Waals surface area contributed by atoms with E-state index in [2.05, 4.69) is 21.2 Å². The van der Waals surface area contributed by atoms with Crippen LogP contribution in [0.2, 0.25) is 0 Å². The van der Waals surface area contributed by atoms with E-state index in [0.29, 0.717) is 18.7 Å². The molecule has 2 rings (SSSR count). The minimum absolute atomic E-state index is 0.360. The summed E-state index contributed by atoms with van der Waals surface area (Å²) in [6.07, 6.45) is 0.785. The molecule has 0 aliphatic carbocycles. The standard InChI is InChI=1S/C19H22BrNO4/c1-13-11-16(19(22)24-3)18(17(20)12-13)21-9-4-10-25-15-7-5-14(23-2)6-8-15/h5-8,11-12,21H,4,9-10H2,1-3H3. The minimum atomic E-state index is -0.360. The lowest BCUT2D eigenvalue weighted by Crippen LogP contribution is -2.12. The highest BCUT2D eigenvalue weighted by Gasteiger charge is 2.15. The van der Waals surface area contributed by atoms with Gasteiger partial charge in [-0.1, -0.05) is 0 Å². The molecule has 0 aliphatic heterocycles. The average Bonchev–Trinajstić information content (AvgIpc) is 2.62. The quantitative estimate of drug-likeness (QED) is 0.517. The van der Waals surface area contributed by atoms with Crippen LogP contribution in [0.3, 0.4) is 0 Å². The Morgan fingerprint density at radius 1 is 1.12 bits per heavy atom. The van der Waals surface area contributed by atoms with Crippen LogP contribution in [0.4, 0.5) is 5.69 Å². The van der Waals surface area contributed by atoms with Crippen LogP contribution in [0.5, 0.6) is 11.5 Å². The van der Waals surface area contributed by atoms with Gasteiger partial charge in [0.15, 0.2) is 0 Å². The SMILES string of the molecule is COC(=O)c1cc(C)cc(Br)c1NCCCOc1ccc(OC)cc1. The average molecular weight is 408 g/mol. The van der Waals surface area contributed by atoms with Gasteiger partial charge in [0.05, 0.1) is 32.1 Å². The van der Waals surface area contributed by atoms with Gasteiger partial charge in [-0.05, 0) is 71.2 Å². The van der Waals surface area contributed by atoms with Gasteiger partial charge in [0, 0.05) is 11.0 Å². The highest BCUT2D eigenvalue weighted by atomic mass is 79.9. The number of esters is 1. The van der Waals surface area contributed by atoms with Crippen LogP contribution in [0, 0.1) is 6.92 Å². The van der Waals surface area contributed by atoms with Crippen LogP contribution in [-0.4, -0.2) is 33.3 Å². The fraction of sp³-hybridized carbons (Fsp3) is 0.316. The van der Waals surface area contributed by atoms with Crippen LogP contribution in [0.25, 0.3) is 0 Å². The molecule has 1 N–H and O–H groups in total. The Morgan fingerprint density at radius 3 is 2.44 bits per heavy atom. The lowest BCUT2D eigenvalue weighted by atomic mass is 10.1. The number of benzene rings is 2. The van der Waals surface area contributed by atoms with Gasteiger partial charge in [0.1, 0.15) is 11.5 Å². The molecule has 0 fully saturated rings. The molecule has 0 saturated heterocycles. The monoisotopic (exact) mass is 407 g/mol. The molecule has 0 saturated carbocycles. The number of hydrogen-bond donors (Lipinski definition) is 1. The van der Waals surface area contributed by atoms with Crippen molar-refractivity contribution in [3.8, 4) is 11.5 Å². The van der Waals surface area contributed by atoms with Crippen molar-refractivity contribution >= 4 is 27.6 Å². The zero-order valence-corrected chi connectivity index (χ0v) is 16.2. The molecule has 2 aromatic carbocycles. The van der Waals surface area contributed by atoms with Crippen LogP contribution in [0.1, 0.15) is 22.3 Å². The van der Waals surface area contributed by atoms with Crippen molar-refractivity contribution in [1.82, 2.24) is 0 Å². The molecule has 0 heterocycles. The fourth-order valence-corrected chi connectivity index (χ4v) is 3.06. The van der Waals surface area contributed by atoms with Crippen LogP contribution < -0.4 is 14.8 Å². The van der Waals surface area contributed by atoms with Crippen molar-refractivity contribution in [2.24, 2.45) is 0 Å². The predicted molar refractivity (Wildman–Crippen MR) is 102 cm³/mol. The van der Waals surface area contributed by atoms with Crippen LogP contribution in [-0.2, 0) is 4.74 Å². The van der Waals surface area contributed by atoms with Gasteiger partial charge in [-0.15, -0.1) is 0 Å². The van der Waals surface area contributed by atoms with Crippen LogP contribution in [0.15, 0.2) is 40.9 Å². The van der Waals surface area contributed by atoms with Gasteiger partial charge in [0.25, 0.3) is 0 Å². The second-order valence-corrected chi connectivity index (χ2v) is 6.32. The third kappa shape index (κ3) is 5.39. The maximum atomic E-state index is 11.9. The summed E-state index contributed by atoms with van der Waals surface area (Å²) in [6, 6.07) is 11.2. The Bertz CT molecular complexity index is 716. The normalized spacial score (nSPS) is 10.2. The fourth-order valence-electron chi connectivity index (χ4n) is 2.34. The molecule has 0 aliphatic rings. The molecule has 0 atom stereocenters. The lowest BCUT2D eigenvalue weighted by Gasteiger charge is -2.14. The van der Waals surface area contributed by atoms with E-state index in [0.717, 1.165) is 33.6 Å². The van der Waals surface area contributed by atoms with Gasteiger partial charge >= 0.3 is 5.97 Å². The molecule has 0 unspecified atom stereocenters. The van der Waals surface area contributed by atoms with Crippen molar-refractivity contribution < 1.29 is 19.0 Å². The van der Waals surface area contributed by atoms with E-state index >= 15 is 0 Å². The summed E-state index contributed by atoms with van der Waals surface area (Å²) >= 11 is 3.50. The molecule has 0 radical (unpaired) electrons. The first-order chi connectivity index (χ1) is 12.0. The first-order valence-electron chi connectivity index (χ1n) is 7.94. The molecule has 0 bridgehead atoms. The number of nitrogens with one attached hydrogen (secondary N) is 1. The molecule has 6 heteroatoms. The van der Waals surface area contributed by atoms with E-state index in [4.69, 9.17) is 14.2 Å². The van der Waals surface area contributed by atoms with Crippen molar-refractivity contribution in [2.45, 2.75) is 13.3 Å². The second-order valence-electron chi connectivity index (χ2n) is 5.47.